The molecule has 2 atom stereocenters. The number of ketones is 1. The van der Waals surface area contributed by atoms with Crippen LogP contribution in [0.4, 0.5) is 0 Å². The highest BCUT2D eigenvalue weighted by molar-refractivity contribution is 5.82. The first-order chi connectivity index (χ1) is 7.04. The number of likely N-dealkylation sites (tertiary alicyclic amines) is 1. The van der Waals surface area contributed by atoms with Crippen molar-refractivity contribution < 1.29 is 4.79 Å². The number of hydrogen-bond donors (Lipinski definition) is 0. The summed E-state index contributed by atoms with van der Waals surface area (Å²) in [5.74, 6) is 2.22. The third-order valence-electron chi connectivity index (χ3n) is 3.79. The van der Waals surface area contributed by atoms with Crippen molar-refractivity contribution in [1.29, 1.82) is 0 Å². The van der Waals surface area contributed by atoms with Crippen LogP contribution in [0, 0.1) is 17.8 Å². The second kappa shape index (κ2) is 5.64. The number of Topliss-reactive ketones (excluding diaryl/α,β-unsaturated/α-hetero) is 1. The molecule has 1 aliphatic heterocycles. The van der Waals surface area contributed by atoms with E-state index in [4.69, 9.17) is 0 Å². The molecule has 0 aromatic rings. The van der Waals surface area contributed by atoms with Gasteiger partial charge in [-0.05, 0) is 31.2 Å². The maximum absolute atomic E-state index is 11.8. The highest BCUT2D eigenvalue weighted by Crippen LogP contribution is 2.23. The first kappa shape index (κ1) is 12.7. The largest absolute Gasteiger partial charge is 0.298 e. The van der Waals surface area contributed by atoms with Crippen LogP contribution in [0.3, 0.4) is 0 Å². The Morgan fingerprint density at radius 1 is 1.40 bits per heavy atom. The predicted octanol–water partition coefficient (Wildman–Crippen LogP) is 2.58. The monoisotopic (exact) mass is 211 g/mol. The zero-order valence-electron chi connectivity index (χ0n) is 10.6. The molecule has 2 unspecified atom stereocenters. The molecule has 0 amide bonds. The SMILES string of the molecule is CCC(C)C(=O)CN1CCC(C(C)C)C1. The standard InChI is InChI=1S/C13H25NO/c1-5-11(4)13(15)9-14-7-6-12(8-14)10(2)3/h10-12H,5-9H2,1-4H3. The lowest BCUT2D eigenvalue weighted by Gasteiger charge is -2.18. The Morgan fingerprint density at radius 2 is 2.07 bits per heavy atom. The van der Waals surface area contributed by atoms with E-state index in [1.165, 1.54) is 6.42 Å². The van der Waals surface area contributed by atoms with E-state index in [1.54, 1.807) is 0 Å². The molecule has 0 aromatic heterocycles. The van der Waals surface area contributed by atoms with Crippen LogP contribution in [-0.4, -0.2) is 30.3 Å². The highest BCUT2D eigenvalue weighted by Gasteiger charge is 2.26. The van der Waals surface area contributed by atoms with Gasteiger partial charge in [0.1, 0.15) is 5.78 Å². The van der Waals surface area contributed by atoms with Gasteiger partial charge < -0.3 is 0 Å². The normalized spacial score (nSPS) is 24.7. The summed E-state index contributed by atoms with van der Waals surface area (Å²) in [6.45, 7) is 11.6. The van der Waals surface area contributed by atoms with E-state index >= 15 is 0 Å². The molecule has 0 radical (unpaired) electrons. The van der Waals surface area contributed by atoms with E-state index in [2.05, 4.69) is 25.7 Å². The molecule has 1 aliphatic rings. The number of carbonyl (C=O) groups is 1. The van der Waals surface area contributed by atoms with Gasteiger partial charge >= 0.3 is 0 Å². The number of hydrogen-bond acceptors (Lipinski definition) is 2. The van der Waals surface area contributed by atoms with Gasteiger partial charge in [0, 0.05) is 12.5 Å². The van der Waals surface area contributed by atoms with Crippen LogP contribution in [-0.2, 0) is 4.79 Å². The minimum atomic E-state index is 0.239. The summed E-state index contributed by atoms with van der Waals surface area (Å²) < 4.78 is 0. The quantitative estimate of drug-likeness (QED) is 0.696. The van der Waals surface area contributed by atoms with Crippen molar-refractivity contribution >= 4 is 5.78 Å². The van der Waals surface area contributed by atoms with Gasteiger partial charge in [-0.1, -0.05) is 27.7 Å². The second-order valence-corrected chi connectivity index (χ2v) is 5.30. The van der Waals surface area contributed by atoms with Gasteiger partial charge in [0.15, 0.2) is 0 Å². The minimum Gasteiger partial charge on any atom is -0.298 e. The van der Waals surface area contributed by atoms with Crippen molar-refractivity contribution in [3.63, 3.8) is 0 Å². The molecule has 0 aromatic carbocycles. The molecule has 0 spiro atoms. The van der Waals surface area contributed by atoms with Crippen LogP contribution >= 0.6 is 0 Å². The Kier molecular flexibility index (Phi) is 4.78. The summed E-state index contributed by atoms with van der Waals surface area (Å²) >= 11 is 0. The van der Waals surface area contributed by atoms with E-state index in [-0.39, 0.29) is 5.92 Å². The molecule has 1 heterocycles. The van der Waals surface area contributed by atoms with Crippen LogP contribution < -0.4 is 0 Å². The first-order valence-electron chi connectivity index (χ1n) is 6.29. The van der Waals surface area contributed by atoms with E-state index in [0.717, 1.165) is 31.3 Å². The maximum atomic E-state index is 11.8. The van der Waals surface area contributed by atoms with E-state index in [0.29, 0.717) is 12.3 Å². The van der Waals surface area contributed by atoms with Crippen molar-refractivity contribution in [2.24, 2.45) is 17.8 Å². The topological polar surface area (TPSA) is 20.3 Å². The minimum absolute atomic E-state index is 0.239. The zero-order chi connectivity index (χ0) is 11.4. The lowest BCUT2D eigenvalue weighted by Crippen LogP contribution is -2.31. The van der Waals surface area contributed by atoms with Crippen LogP contribution in [0.25, 0.3) is 0 Å². The Hall–Kier alpha value is -0.370. The van der Waals surface area contributed by atoms with Crippen LogP contribution in [0.1, 0.15) is 40.5 Å². The Labute approximate surface area is 94.0 Å². The summed E-state index contributed by atoms with van der Waals surface area (Å²) in [6.07, 6.45) is 2.24. The molecule has 0 bridgehead atoms. The zero-order valence-corrected chi connectivity index (χ0v) is 10.6. The van der Waals surface area contributed by atoms with Gasteiger partial charge in [-0.25, -0.2) is 0 Å². The first-order valence-corrected chi connectivity index (χ1v) is 6.29. The molecule has 1 rings (SSSR count). The third-order valence-corrected chi connectivity index (χ3v) is 3.79. The average Bonchev–Trinajstić information content (AvgIpc) is 2.65. The molecule has 88 valence electrons. The van der Waals surface area contributed by atoms with Gasteiger partial charge in [-0.3, -0.25) is 9.69 Å². The van der Waals surface area contributed by atoms with E-state index < -0.39 is 0 Å². The summed E-state index contributed by atoms with van der Waals surface area (Å²) in [6, 6.07) is 0. The van der Waals surface area contributed by atoms with E-state index in [9.17, 15) is 4.79 Å². The molecular weight excluding hydrogens is 186 g/mol. The average molecular weight is 211 g/mol. The fourth-order valence-corrected chi connectivity index (χ4v) is 2.15. The lowest BCUT2D eigenvalue weighted by atomic mass is 9.95. The summed E-state index contributed by atoms with van der Waals surface area (Å²) in [5.41, 5.74) is 0. The maximum Gasteiger partial charge on any atom is 0.149 e. The molecule has 0 aliphatic carbocycles. The van der Waals surface area contributed by atoms with Crippen molar-refractivity contribution in [3.05, 3.63) is 0 Å². The van der Waals surface area contributed by atoms with Gasteiger partial charge in [-0.15, -0.1) is 0 Å². The van der Waals surface area contributed by atoms with Crippen LogP contribution in [0.2, 0.25) is 0 Å². The van der Waals surface area contributed by atoms with Gasteiger partial charge in [0.25, 0.3) is 0 Å². The summed E-state index contributed by atoms with van der Waals surface area (Å²) in [5, 5.41) is 0. The van der Waals surface area contributed by atoms with Crippen molar-refractivity contribution in [2.75, 3.05) is 19.6 Å². The fraction of sp³-hybridized carbons (Fsp3) is 0.923. The second-order valence-electron chi connectivity index (χ2n) is 5.30. The van der Waals surface area contributed by atoms with Gasteiger partial charge in [-0.2, -0.15) is 0 Å². The number of nitrogens with zero attached hydrogens (tertiary/aromatic N) is 1. The fourth-order valence-electron chi connectivity index (χ4n) is 2.15. The molecule has 2 nitrogen and oxygen atoms in total. The molecule has 2 heteroatoms. The summed E-state index contributed by atoms with van der Waals surface area (Å²) in [4.78, 5) is 14.1. The summed E-state index contributed by atoms with van der Waals surface area (Å²) in [7, 11) is 0. The van der Waals surface area contributed by atoms with Gasteiger partial charge in [0.2, 0.25) is 0 Å². The predicted molar refractivity (Wildman–Crippen MR) is 63.8 cm³/mol. The van der Waals surface area contributed by atoms with Gasteiger partial charge in [0.05, 0.1) is 6.54 Å². The Morgan fingerprint density at radius 3 is 2.53 bits per heavy atom. The molecular formula is C13H25NO. The molecule has 0 N–H and O–H groups in total. The molecule has 15 heavy (non-hydrogen) atoms. The molecule has 1 saturated heterocycles. The smallest absolute Gasteiger partial charge is 0.149 e. The molecule has 0 saturated carbocycles. The van der Waals surface area contributed by atoms with Crippen LogP contribution in [0.15, 0.2) is 0 Å². The number of rotatable bonds is 5. The van der Waals surface area contributed by atoms with Crippen LogP contribution in [0.5, 0.6) is 0 Å². The van der Waals surface area contributed by atoms with Crippen molar-refractivity contribution in [2.45, 2.75) is 40.5 Å². The Bertz CT molecular complexity index is 213. The highest BCUT2D eigenvalue weighted by atomic mass is 16.1. The van der Waals surface area contributed by atoms with Crippen molar-refractivity contribution in [3.8, 4) is 0 Å². The Balaban J connectivity index is 2.33. The lowest BCUT2D eigenvalue weighted by molar-refractivity contribution is -0.123. The van der Waals surface area contributed by atoms with Crippen molar-refractivity contribution in [1.82, 2.24) is 4.90 Å². The van der Waals surface area contributed by atoms with E-state index in [1.807, 2.05) is 6.92 Å². The molecule has 1 fully saturated rings. The third kappa shape index (κ3) is 3.60. The number of carbonyl (C=O) groups excluding carboxylic acids is 1.